The summed E-state index contributed by atoms with van der Waals surface area (Å²) in [4.78, 5) is 21.2. The summed E-state index contributed by atoms with van der Waals surface area (Å²) in [6, 6.07) is 18.7. The fourth-order valence-corrected chi connectivity index (χ4v) is 2.01. The molecule has 0 spiro atoms. The average Bonchev–Trinajstić information content (AvgIpc) is 2.56. The quantitative estimate of drug-likeness (QED) is 0.482. The first-order valence-electron chi connectivity index (χ1n) is 6.90. The van der Waals surface area contributed by atoms with Gasteiger partial charge in [0.2, 0.25) is 0 Å². The molecule has 2 rings (SSSR count). The summed E-state index contributed by atoms with van der Waals surface area (Å²) in [5, 5.41) is 17.3. The van der Waals surface area contributed by atoms with E-state index in [4.69, 9.17) is 10.2 Å². The van der Waals surface area contributed by atoms with Crippen molar-refractivity contribution in [3.63, 3.8) is 0 Å². The molecule has 24 heavy (non-hydrogen) atoms. The standard InChI is InChI=1S/C18H14O6/c19-17(20)23-16(24-18(21)22)12-11-15(13-7-3-1-4-8-13)14-9-5-2-6-10-14/h1-12H,(H,19,20)(H,21,22). The van der Waals surface area contributed by atoms with Crippen LogP contribution in [0.2, 0.25) is 0 Å². The number of allylic oxidation sites excluding steroid dienone is 2. The van der Waals surface area contributed by atoms with Crippen molar-refractivity contribution in [3.05, 3.63) is 89.9 Å². The first-order chi connectivity index (χ1) is 11.6. The van der Waals surface area contributed by atoms with Crippen LogP contribution in [0.5, 0.6) is 0 Å². The fourth-order valence-electron chi connectivity index (χ4n) is 2.01. The molecule has 0 aliphatic carbocycles. The molecule has 0 aliphatic heterocycles. The number of hydrogen-bond donors (Lipinski definition) is 2. The third-order valence-electron chi connectivity index (χ3n) is 2.93. The number of benzene rings is 2. The predicted octanol–water partition coefficient (Wildman–Crippen LogP) is 4.35. The van der Waals surface area contributed by atoms with E-state index in [2.05, 4.69) is 9.47 Å². The van der Waals surface area contributed by atoms with Crippen LogP contribution in [0.1, 0.15) is 11.1 Å². The largest absolute Gasteiger partial charge is 0.513 e. The van der Waals surface area contributed by atoms with Crippen LogP contribution in [0.3, 0.4) is 0 Å². The van der Waals surface area contributed by atoms with E-state index in [1.807, 2.05) is 60.7 Å². The summed E-state index contributed by atoms with van der Waals surface area (Å²) in [5.74, 6) is -0.653. The molecule has 2 N–H and O–H groups in total. The van der Waals surface area contributed by atoms with Crippen molar-refractivity contribution in [2.75, 3.05) is 0 Å². The minimum absolute atomic E-state index is 0.653. The first-order valence-corrected chi connectivity index (χ1v) is 6.90. The highest BCUT2D eigenvalue weighted by Gasteiger charge is 2.10. The lowest BCUT2D eigenvalue weighted by Gasteiger charge is -2.08. The summed E-state index contributed by atoms with van der Waals surface area (Å²) < 4.78 is 8.63. The van der Waals surface area contributed by atoms with Crippen LogP contribution in [0.15, 0.2) is 78.8 Å². The minimum Gasteiger partial charge on any atom is -0.449 e. The SMILES string of the molecule is O=C(O)OC(=CC=C(c1ccccc1)c1ccccc1)OC(=O)O. The van der Waals surface area contributed by atoms with Crippen LogP contribution >= 0.6 is 0 Å². The van der Waals surface area contributed by atoms with Crippen molar-refractivity contribution < 1.29 is 29.3 Å². The molecule has 0 heterocycles. The number of hydrogen-bond acceptors (Lipinski definition) is 4. The molecule has 0 saturated heterocycles. The van der Waals surface area contributed by atoms with Crippen LogP contribution < -0.4 is 0 Å². The number of rotatable bonds is 5. The molecular formula is C18H14O6. The van der Waals surface area contributed by atoms with Gasteiger partial charge >= 0.3 is 18.3 Å². The fraction of sp³-hybridized carbons (Fsp3) is 0. The van der Waals surface area contributed by atoms with Gasteiger partial charge in [0.05, 0.1) is 0 Å². The molecule has 2 aromatic rings. The maximum Gasteiger partial charge on any atom is 0.513 e. The smallest absolute Gasteiger partial charge is 0.449 e. The Morgan fingerprint density at radius 3 is 1.50 bits per heavy atom. The Labute approximate surface area is 137 Å². The van der Waals surface area contributed by atoms with E-state index in [0.29, 0.717) is 0 Å². The van der Waals surface area contributed by atoms with E-state index in [-0.39, 0.29) is 0 Å². The van der Waals surface area contributed by atoms with Crippen molar-refractivity contribution in [2.45, 2.75) is 0 Å². The van der Waals surface area contributed by atoms with E-state index in [0.717, 1.165) is 22.8 Å². The van der Waals surface area contributed by atoms with Gasteiger partial charge < -0.3 is 19.7 Å². The van der Waals surface area contributed by atoms with Gasteiger partial charge in [-0.3, -0.25) is 0 Å². The normalized spacial score (nSPS) is 9.50. The van der Waals surface area contributed by atoms with Crippen LogP contribution in [-0.4, -0.2) is 22.5 Å². The number of carbonyl (C=O) groups is 2. The summed E-state index contributed by atoms with van der Waals surface area (Å²) in [5.41, 5.74) is 2.48. The van der Waals surface area contributed by atoms with Gasteiger partial charge in [-0.15, -0.1) is 0 Å². The van der Waals surface area contributed by atoms with Crippen molar-refractivity contribution in [1.29, 1.82) is 0 Å². The third kappa shape index (κ3) is 5.03. The third-order valence-corrected chi connectivity index (χ3v) is 2.93. The van der Waals surface area contributed by atoms with Crippen LogP contribution in [-0.2, 0) is 9.47 Å². The molecular weight excluding hydrogens is 312 g/mol. The highest BCUT2D eigenvalue weighted by molar-refractivity contribution is 5.80. The lowest BCUT2D eigenvalue weighted by atomic mass is 9.98. The Morgan fingerprint density at radius 2 is 1.12 bits per heavy atom. The monoisotopic (exact) mass is 326 g/mol. The topological polar surface area (TPSA) is 93.1 Å². The summed E-state index contributed by atoms with van der Waals surface area (Å²) in [6.07, 6.45) is -0.655. The Balaban J connectivity index is 2.45. The molecule has 0 aromatic heterocycles. The molecule has 0 unspecified atom stereocenters. The first kappa shape index (κ1) is 16.8. The molecule has 0 amide bonds. The summed E-state index contributed by atoms with van der Waals surface area (Å²) in [7, 11) is 0. The molecule has 0 fully saturated rings. The lowest BCUT2D eigenvalue weighted by Crippen LogP contribution is -2.07. The predicted molar refractivity (Wildman–Crippen MR) is 86.3 cm³/mol. The van der Waals surface area contributed by atoms with E-state index < -0.39 is 18.3 Å². The molecule has 6 heteroatoms. The second-order valence-corrected chi connectivity index (χ2v) is 4.53. The molecule has 0 saturated carbocycles. The molecule has 6 nitrogen and oxygen atoms in total. The lowest BCUT2D eigenvalue weighted by molar-refractivity contribution is 0.0425. The van der Waals surface area contributed by atoms with E-state index >= 15 is 0 Å². The van der Waals surface area contributed by atoms with Gasteiger partial charge in [0, 0.05) is 6.08 Å². The van der Waals surface area contributed by atoms with Crippen molar-refractivity contribution in [3.8, 4) is 0 Å². The Bertz CT molecular complexity index is 703. The van der Waals surface area contributed by atoms with E-state index in [1.54, 1.807) is 0 Å². The summed E-state index contributed by atoms with van der Waals surface area (Å²) >= 11 is 0. The number of carboxylic acid groups (broad SMARTS) is 2. The zero-order valence-electron chi connectivity index (χ0n) is 12.5. The maximum absolute atomic E-state index is 10.6. The van der Waals surface area contributed by atoms with Gasteiger partial charge in [-0.1, -0.05) is 60.7 Å². The van der Waals surface area contributed by atoms with Gasteiger partial charge in [-0.25, -0.2) is 9.59 Å². The molecule has 0 radical (unpaired) electrons. The maximum atomic E-state index is 10.6. The Morgan fingerprint density at radius 1 is 0.708 bits per heavy atom. The van der Waals surface area contributed by atoms with Crippen molar-refractivity contribution in [2.24, 2.45) is 0 Å². The number of ether oxygens (including phenoxy) is 2. The second kappa shape index (κ2) is 8.19. The zero-order valence-corrected chi connectivity index (χ0v) is 12.5. The molecule has 2 aromatic carbocycles. The van der Waals surface area contributed by atoms with E-state index in [9.17, 15) is 9.59 Å². The molecule has 122 valence electrons. The van der Waals surface area contributed by atoms with Crippen LogP contribution in [0.25, 0.3) is 5.57 Å². The Kier molecular flexibility index (Phi) is 5.74. The minimum atomic E-state index is -1.67. The van der Waals surface area contributed by atoms with Gasteiger partial charge in [0.25, 0.3) is 0 Å². The van der Waals surface area contributed by atoms with E-state index in [1.165, 1.54) is 6.08 Å². The van der Waals surface area contributed by atoms with Gasteiger partial charge in [0.1, 0.15) is 0 Å². The molecule has 0 atom stereocenters. The van der Waals surface area contributed by atoms with Crippen molar-refractivity contribution >= 4 is 17.9 Å². The van der Waals surface area contributed by atoms with Gasteiger partial charge in [0.15, 0.2) is 0 Å². The average molecular weight is 326 g/mol. The molecule has 0 aliphatic rings. The van der Waals surface area contributed by atoms with Crippen LogP contribution in [0, 0.1) is 0 Å². The highest BCUT2D eigenvalue weighted by atomic mass is 16.8. The summed E-state index contributed by atoms with van der Waals surface area (Å²) in [6.45, 7) is 0. The Hall–Kier alpha value is -3.54. The van der Waals surface area contributed by atoms with Crippen LogP contribution in [0.4, 0.5) is 9.59 Å². The second-order valence-electron chi connectivity index (χ2n) is 4.53. The highest BCUT2D eigenvalue weighted by Crippen LogP contribution is 2.23. The van der Waals surface area contributed by atoms with Crippen molar-refractivity contribution in [1.82, 2.24) is 0 Å². The van der Waals surface area contributed by atoms with Gasteiger partial charge in [-0.2, -0.15) is 0 Å². The zero-order chi connectivity index (χ0) is 17.4. The van der Waals surface area contributed by atoms with Gasteiger partial charge in [-0.05, 0) is 22.8 Å². The molecule has 0 bridgehead atoms.